The Morgan fingerprint density at radius 3 is 2.94 bits per heavy atom. The molecule has 1 atom stereocenters. The Balaban J connectivity index is 1.93. The van der Waals surface area contributed by atoms with Crippen molar-refractivity contribution in [3.63, 3.8) is 0 Å². The largest absolute Gasteiger partial charge is 0.305 e. The quantitative estimate of drug-likeness (QED) is 0.898. The minimum atomic E-state index is 0.298. The van der Waals surface area contributed by atoms with Crippen LogP contribution in [-0.2, 0) is 6.54 Å². The Labute approximate surface area is 103 Å². The van der Waals surface area contributed by atoms with Crippen molar-refractivity contribution in [2.24, 2.45) is 0 Å². The van der Waals surface area contributed by atoms with Crippen molar-refractivity contribution in [1.82, 2.24) is 5.32 Å². The molecule has 0 saturated heterocycles. The smallest absolute Gasteiger partial charge is 0.110 e. The molecule has 0 radical (unpaired) electrons. The highest BCUT2D eigenvalue weighted by Crippen LogP contribution is 2.22. The first-order valence-corrected chi connectivity index (χ1v) is 6.80. The number of nitriles is 1. The van der Waals surface area contributed by atoms with Crippen molar-refractivity contribution in [2.45, 2.75) is 19.5 Å². The molecular formula is C12H12N2S2. The van der Waals surface area contributed by atoms with Crippen LogP contribution >= 0.6 is 22.7 Å². The molecule has 2 nitrogen and oxygen atoms in total. The molecule has 4 heteroatoms. The van der Waals surface area contributed by atoms with Gasteiger partial charge in [-0.05, 0) is 41.4 Å². The maximum absolute atomic E-state index is 8.75. The summed E-state index contributed by atoms with van der Waals surface area (Å²) in [6, 6.07) is 8.49. The molecule has 0 amide bonds. The molecule has 16 heavy (non-hydrogen) atoms. The molecule has 0 aliphatic rings. The number of nitrogens with zero attached hydrogens (tertiary/aromatic N) is 1. The summed E-state index contributed by atoms with van der Waals surface area (Å²) in [5.74, 6) is 0. The molecule has 0 aromatic carbocycles. The first-order chi connectivity index (χ1) is 7.79. The molecule has 2 aromatic heterocycles. The van der Waals surface area contributed by atoms with Crippen LogP contribution in [0.2, 0.25) is 0 Å². The maximum atomic E-state index is 8.75. The summed E-state index contributed by atoms with van der Waals surface area (Å²) in [6.07, 6.45) is 0. The van der Waals surface area contributed by atoms with Gasteiger partial charge in [-0.2, -0.15) is 16.6 Å². The fourth-order valence-corrected chi connectivity index (χ4v) is 2.91. The second-order valence-corrected chi connectivity index (χ2v) is 5.44. The lowest BCUT2D eigenvalue weighted by Crippen LogP contribution is -2.16. The van der Waals surface area contributed by atoms with E-state index < -0.39 is 0 Å². The molecule has 1 N–H and O–H groups in total. The van der Waals surface area contributed by atoms with Gasteiger partial charge in [0, 0.05) is 17.5 Å². The summed E-state index contributed by atoms with van der Waals surface area (Å²) < 4.78 is 0. The van der Waals surface area contributed by atoms with E-state index in [2.05, 4.69) is 35.1 Å². The van der Waals surface area contributed by atoms with E-state index >= 15 is 0 Å². The van der Waals surface area contributed by atoms with Crippen LogP contribution in [0.5, 0.6) is 0 Å². The second kappa shape index (κ2) is 5.26. The SMILES string of the molecule is C[C@H](NCc1ccsc1)c1ccc(C#N)s1. The van der Waals surface area contributed by atoms with E-state index in [1.807, 2.05) is 12.1 Å². The number of rotatable bonds is 4. The maximum Gasteiger partial charge on any atom is 0.110 e. The van der Waals surface area contributed by atoms with Gasteiger partial charge in [-0.15, -0.1) is 11.3 Å². The van der Waals surface area contributed by atoms with Crippen LogP contribution in [0.1, 0.15) is 28.3 Å². The van der Waals surface area contributed by atoms with Gasteiger partial charge in [0.25, 0.3) is 0 Å². The Morgan fingerprint density at radius 1 is 1.44 bits per heavy atom. The Morgan fingerprint density at radius 2 is 2.31 bits per heavy atom. The molecule has 2 heterocycles. The lowest BCUT2D eigenvalue weighted by atomic mass is 10.2. The van der Waals surface area contributed by atoms with Crippen molar-refractivity contribution in [3.05, 3.63) is 44.3 Å². The summed E-state index contributed by atoms with van der Waals surface area (Å²) in [5, 5.41) is 16.4. The Hall–Kier alpha value is -1.15. The van der Waals surface area contributed by atoms with Gasteiger partial charge in [-0.25, -0.2) is 0 Å². The normalized spacial score (nSPS) is 12.2. The predicted molar refractivity (Wildman–Crippen MR) is 68.6 cm³/mol. The van der Waals surface area contributed by atoms with Crippen molar-refractivity contribution >= 4 is 22.7 Å². The fourth-order valence-electron chi connectivity index (χ4n) is 1.41. The topological polar surface area (TPSA) is 35.8 Å². The molecule has 82 valence electrons. The minimum absolute atomic E-state index is 0.298. The highest BCUT2D eigenvalue weighted by Gasteiger charge is 2.07. The first kappa shape index (κ1) is 11.3. The van der Waals surface area contributed by atoms with Crippen molar-refractivity contribution in [3.8, 4) is 6.07 Å². The zero-order valence-corrected chi connectivity index (χ0v) is 10.6. The first-order valence-electron chi connectivity index (χ1n) is 5.04. The van der Waals surface area contributed by atoms with E-state index in [9.17, 15) is 0 Å². The van der Waals surface area contributed by atoms with Crippen LogP contribution in [0.3, 0.4) is 0 Å². The summed E-state index contributed by atoms with van der Waals surface area (Å²) in [6.45, 7) is 3.00. The van der Waals surface area contributed by atoms with Gasteiger partial charge in [0.05, 0.1) is 0 Å². The van der Waals surface area contributed by atoms with Crippen LogP contribution < -0.4 is 5.32 Å². The fraction of sp³-hybridized carbons (Fsp3) is 0.250. The Kier molecular flexibility index (Phi) is 3.73. The zero-order chi connectivity index (χ0) is 11.4. The Bertz CT molecular complexity index is 479. The standard InChI is InChI=1S/C12H12N2S2/c1-9(12-3-2-11(6-13)16-12)14-7-10-4-5-15-8-10/h2-5,8-9,14H,7H2,1H3/t9-/m0/s1. The molecule has 0 aliphatic carbocycles. The van der Waals surface area contributed by atoms with Gasteiger partial charge in [0.15, 0.2) is 0 Å². The molecule has 2 rings (SSSR count). The molecule has 0 spiro atoms. The third kappa shape index (κ3) is 2.70. The average Bonchev–Trinajstić information content (AvgIpc) is 2.96. The van der Waals surface area contributed by atoms with E-state index in [-0.39, 0.29) is 0 Å². The van der Waals surface area contributed by atoms with Gasteiger partial charge >= 0.3 is 0 Å². The molecule has 0 unspecified atom stereocenters. The third-order valence-corrected chi connectivity index (χ3v) is 4.26. The highest BCUT2D eigenvalue weighted by molar-refractivity contribution is 7.12. The van der Waals surface area contributed by atoms with Crippen molar-refractivity contribution < 1.29 is 0 Å². The molecule has 2 aromatic rings. The van der Waals surface area contributed by atoms with E-state index in [0.29, 0.717) is 6.04 Å². The molecular weight excluding hydrogens is 236 g/mol. The van der Waals surface area contributed by atoms with Gasteiger partial charge < -0.3 is 5.32 Å². The second-order valence-electron chi connectivity index (χ2n) is 3.55. The van der Waals surface area contributed by atoms with E-state index in [4.69, 9.17) is 5.26 Å². The monoisotopic (exact) mass is 248 g/mol. The molecule has 0 fully saturated rings. The number of nitrogens with one attached hydrogen (secondary N) is 1. The van der Waals surface area contributed by atoms with E-state index in [0.717, 1.165) is 11.4 Å². The molecule has 0 bridgehead atoms. The van der Waals surface area contributed by atoms with Gasteiger partial charge in [0.2, 0.25) is 0 Å². The number of hydrogen-bond donors (Lipinski definition) is 1. The van der Waals surface area contributed by atoms with Crippen LogP contribution in [0, 0.1) is 11.3 Å². The lowest BCUT2D eigenvalue weighted by Gasteiger charge is -2.10. The summed E-state index contributed by atoms with van der Waals surface area (Å²) >= 11 is 3.27. The van der Waals surface area contributed by atoms with Crippen LogP contribution in [-0.4, -0.2) is 0 Å². The highest BCUT2D eigenvalue weighted by atomic mass is 32.1. The molecule has 0 aliphatic heterocycles. The lowest BCUT2D eigenvalue weighted by molar-refractivity contribution is 0.584. The minimum Gasteiger partial charge on any atom is -0.305 e. The number of thiophene rings is 2. The van der Waals surface area contributed by atoms with Crippen LogP contribution in [0.15, 0.2) is 29.0 Å². The third-order valence-electron chi connectivity index (χ3n) is 2.36. The van der Waals surface area contributed by atoms with Gasteiger partial charge in [-0.3, -0.25) is 0 Å². The predicted octanol–water partition coefficient (Wildman–Crippen LogP) is 3.53. The molecule has 0 saturated carbocycles. The van der Waals surface area contributed by atoms with Crippen molar-refractivity contribution in [2.75, 3.05) is 0 Å². The summed E-state index contributed by atoms with van der Waals surface area (Å²) in [5.41, 5.74) is 1.31. The van der Waals surface area contributed by atoms with Crippen LogP contribution in [0.25, 0.3) is 0 Å². The summed E-state index contributed by atoms with van der Waals surface area (Å²) in [4.78, 5) is 1.99. The van der Waals surface area contributed by atoms with E-state index in [1.54, 1.807) is 22.7 Å². The van der Waals surface area contributed by atoms with Gasteiger partial charge in [-0.1, -0.05) is 0 Å². The van der Waals surface area contributed by atoms with Crippen molar-refractivity contribution in [1.29, 1.82) is 5.26 Å². The van der Waals surface area contributed by atoms with Crippen LogP contribution in [0.4, 0.5) is 0 Å². The number of hydrogen-bond acceptors (Lipinski definition) is 4. The average molecular weight is 248 g/mol. The van der Waals surface area contributed by atoms with Gasteiger partial charge in [0.1, 0.15) is 10.9 Å². The zero-order valence-electron chi connectivity index (χ0n) is 8.93. The summed E-state index contributed by atoms with van der Waals surface area (Å²) in [7, 11) is 0. The van der Waals surface area contributed by atoms with E-state index in [1.165, 1.54) is 10.4 Å².